The SMILES string of the molecule is CCN(CC)C(=O)c1sc(NC(=O)c2cc(OC)c(OC)cc2OC)c(C#N)c1C. The average molecular weight is 432 g/mol. The van der Waals surface area contributed by atoms with Gasteiger partial charge in [-0.1, -0.05) is 0 Å². The van der Waals surface area contributed by atoms with Crippen molar-refractivity contribution in [2.24, 2.45) is 0 Å². The molecule has 0 radical (unpaired) electrons. The van der Waals surface area contributed by atoms with E-state index < -0.39 is 5.91 Å². The number of hydrogen-bond acceptors (Lipinski definition) is 7. The van der Waals surface area contributed by atoms with E-state index in [1.165, 1.54) is 27.4 Å². The van der Waals surface area contributed by atoms with Crippen molar-refractivity contribution in [3.63, 3.8) is 0 Å². The van der Waals surface area contributed by atoms with Crippen molar-refractivity contribution in [3.8, 4) is 23.3 Å². The highest BCUT2D eigenvalue weighted by atomic mass is 32.1. The van der Waals surface area contributed by atoms with Gasteiger partial charge in [0.1, 0.15) is 16.8 Å². The number of hydrogen-bond donors (Lipinski definition) is 1. The molecule has 0 atom stereocenters. The van der Waals surface area contributed by atoms with Crippen molar-refractivity contribution in [3.05, 3.63) is 33.7 Å². The number of nitrogens with zero attached hydrogens (tertiary/aromatic N) is 2. The van der Waals surface area contributed by atoms with Crippen LogP contribution in [-0.2, 0) is 0 Å². The van der Waals surface area contributed by atoms with Gasteiger partial charge in [-0.2, -0.15) is 5.26 Å². The van der Waals surface area contributed by atoms with E-state index in [-0.39, 0.29) is 22.8 Å². The molecule has 0 saturated carbocycles. The van der Waals surface area contributed by atoms with Crippen LogP contribution in [0.3, 0.4) is 0 Å². The Morgan fingerprint density at radius 3 is 2.13 bits per heavy atom. The summed E-state index contributed by atoms with van der Waals surface area (Å²) in [6.07, 6.45) is 0. The van der Waals surface area contributed by atoms with E-state index in [2.05, 4.69) is 11.4 Å². The van der Waals surface area contributed by atoms with Gasteiger partial charge in [-0.3, -0.25) is 9.59 Å². The minimum atomic E-state index is -0.493. The van der Waals surface area contributed by atoms with Gasteiger partial charge in [0.15, 0.2) is 11.5 Å². The molecule has 0 aliphatic heterocycles. The smallest absolute Gasteiger partial charge is 0.264 e. The first-order valence-corrected chi connectivity index (χ1v) is 10.1. The third-order valence-corrected chi connectivity index (χ3v) is 5.88. The second-order valence-corrected chi connectivity index (χ2v) is 7.23. The van der Waals surface area contributed by atoms with Crippen molar-refractivity contribution in [2.45, 2.75) is 20.8 Å². The number of methoxy groups -OCH3 is 3. The number of carbonyl (C=O) groups is 2. The zero-order chi connectivity index (χ0) is 22.4. The van der Waals surface area contributed by atoms with Gasteiger partial charge in [0.05, 0.1) is 37.3 Å². The van der Waals surface area contributed by atoms with Crippen LogP contribution in [0, 0.1) is 18.3 Å². The van der Waals surface area contributed by atoms with Crippen LogP contribution in [0.5, 0.6) is 17.2 Å². The Labute approximate surface area is 180 Å². The molecular formula is C21H25N3O5S. The third kappa shape index (κ3) is 4.33. The van der Waals surface area contributed by atoms with Crippen LogP contribution in [-0.4, -0.2) is 51.1 Å². The van der Waals surface area contributed by atoms with Gasteiger partial charge in [-0.25, -0.2) is 0 Å². The molecule has 0 fully saturated rings. The summed E-state index contributed by atoms with van der Waals surface area (Å²) >= 11 is 1.09. The molecule has 160 valence electrons. The lowest BCUT2D eigenvalue weighted by Gasteiger charge is -2.17. The Morgan fingerprint density at radius 2 is 1.63 bits per heavy atom. The van der Waals surface area contributed by atoms with E-state index in [4.69, 9.17) is 14.2 Å². The third-order valence-electron chi connectivity index (χ3n) is 4.68. The average Bonchev–Trinajstić information content (AvgIpc) is 3.07. The van der Waals surface area contributed by atoms with Gasteiger partial charge < -0.3 is 24.4 Å². The highest BCUT2D eigenvalue weighted by Gasteiger charge is 2.25. The zero-order valence-electron chi connectivity index (χ0n) is 17.9. The van der Waals surface area contributed by atoms with Crippen LogP contribution in [0.4, 0.5) is 5.00 Å². The summed E-state index contributed by atoms with van der Waals surface area (Å²) in [5.74, 6) is 0.415. The normalized spacial score (nSPS) is 10.2. The largest absolute Gasteiger partial charge is 0.496 e. The summed E-state index contributed by atoms with van der Waals surface area (Å²) in [5.41, 5.74) is 1.03. The number of rotatable bonds is 8. The van der Waals surface area contributed by atoms with Gasteiger partial charge in [-0.15, -0.1) is 11.3 Å². The lowest BCUT2D eigenvalue weighted by atomic mass is 10.1. The van der Waals surface area contributed by atoms with Crippen molar-refractivity contribution < 1.29 is 23.8 Å². The van der Waals surface area contributed by atoms with Crippen LogP contribution in [0.15, 0.2) is 12.1 Å². The molecule has 8 nitrogen and oxygen atoms in total. The fourth-order valence-corrected chi connectivity index (χ4v) is 4.09. The van der Waals surface area contributed by atoms with Gasteiger partial charge in [0.25, 0.3) is 11.8 Å². The molecule has 2 aromatic rings. The molecule has 0 bridgehead atoms. The molecular weight excluding hydrogens is 406 g/mol. The molecule has 1 aromatic heterocycles. The summed E-state index contributed by atoms with van der Waals surface area (Å²) in [7, 11) is 4.39. The van der Waals surface area contributed by atoms with Gasteiger partial charge in [0, 0.05) is 25.2 Å². The molecule has 0 aliphatic carbocycles. The number of anilines is 1. The van der Waals surface area contributed by atoms with Crippen LogP contribution >= 0.6 is 11.3 Å². The maximum absolute atomic E-state index is 13.0. The summed E-state index contributed by atoms with van der Waals surface area (Å²) in [6, 6.07) is 5.14. The van der Waals surface area contributed by atoms with Crippen molar-refractivity contribution in [1.29, 1.82) is 5.26 Å². The maximum Gasteiger partial charge on any atom is 0.264 e. The fraction of sp³-hybridized carbons (Fsp3) is 0.381. The Balaban J connectivity index is 2.46. The maximum atomic E-state index is 13.0. The van der Waals surface area contributed by atoms with Gasteiger partial charge in [-0.05, 0) is 26.3 Å². The highest BCUT2D eigenvalue weighted by Crippen LogP contribution is 2.37. The zero-order valence-corrected chi connectivity index (χ0v) is 18.7. The molecule has 30 heavy (non-hydrogen) atoms. The van der Waals surface area contributed by atoms with E-state index in [1.807, 2.05) is 13.8 Å². The monoisotopic (exact) mass is 431 g/mol. The summed E-state index contributed by atoms with van der Waals surface area (Å²) in [5, 5.41) is 12.7. The van der Waals surface area contributed by atoms with Crippen molar-refractivity contribution in [2.75, 3.05) is 39.7 Å². The van der Waals surface area contributed by atoms with E-state index >= 15 is 0 Å². The topological polar surface area (TPSA) is 101 Å². The molecule has 2 rings (SSSR count). The second kappa shape index (κ2) is 9.98. The quantitative estimate of drug-likeness (QED) is 0.684. The Hall–Kier alpha value is -3.25. The standard InChI is InChI=1S/C21H25N3O5S/c1-7-24(8-2)21(26)18-12(3)14(11-22)20(30-18)23-19(25)13-9-16(28-5)17(29-6)10-15(13)27-4/h9-10H,7-8H2,1-6H3,(H,23,25). The van der Waals surface area contributed by atoms with Crippen LogP contribution in [0.25, 0.3) is 0 Å². The molecule has 1 N–H and O–H groups in total. The van der Waals surface area contributed by atoms with Crippen molar-refractivity contribution >= 4 is 28.2 Å². The lowest BCUT2D eigenvalue weighted by molar-refractivity contribution is 0.0777. The molecule has 0 aliphatic rings. The number of amides is 2. The Bertz CT molecular complexity index is 990. The number of nitrogens with one attached hydrogen (secondary N) is 1. The van der Waals surface area contributed by atoms with Crippen LogP contribution in [0.1, 0.15) is 45.0 Å². The molecule has 0 saturated heterocycles. The summed E-state index contributed by atoms with van der Waals surface area (Å²) in [6.45, 7) is 6.60. The minimum absolute atomic E-state index is 0.164. The first kappa shape index (κ1) is 23.0. The second-order valence-electron chi connectivity index (χ2n) is 6.21. The Kier molecular flexibility index (Phi) is 7.66. The Morgan fingerprint density at radius 1 is 1.07 bits per heavy atom. The summed E-state index contributed by atoms with van der Waals surface area (Å²) in [4.78, 5) is 27.9. The van der Waals surface area contributed by atoms with E-state index in [9.17, 15) is 14.9 Å². The van der Waals surface area contributed by atoms with E-state index in [0.29, 0.717) is 40.0 Å². The summed E-state index contributed by atoms with van der Waals surface area (Å²) < 4.78 is 15.8. The van der Waals surface area contributed by atoms with E-state index in [0.717, 1.165) is 11.3 Å². The van der Waals surface area contributed by atoms with Crippen LogP contribution < -0.4 is 19.5 Å². The molecule has 9 heteroatoms. The number of thiophene rings is 1. The molecule has 0 unspecified atom stereocenters. The molecule has 0 spiro atoms. The molecule has 1 aromatic carbocycles. The van der Waals surface area contributed by atoms with Crippen molar-refractivity contribution in [1.82, 2.24) is 4.90 Å². The number of carbonyl (C=O) groups excluding carboxylic acids is 2. The number of ether oxygens (including phenoxy) is 3. The lowest BCUT2D eigenvalue weighted by Crippen LogP contribution is -2.30. The number of nitriles is 1. The number of benzene rings is 1. The molecule has 2 amide bonds. The predicted octanol–water partition coefficient (Wildman–Crippen LogP) is 3.69. The predicted molar refractivity (Wildman–Crippen MR) is 115 cm³/mol. The first-order chi connectivity index (χ1) is 14.4. The fourth-order valence-electron chi connectivity index (χ4n) is 2.97. The van der Waals surface area contributed by atoms with Gasteiger partial charge >= 0.3 is 0 Å². The van der Waals surface area contributed by atoms with E-state index in [1.54, 1.807) is 17.9 Å². The van der Waals surface area contributed by atoms with Gasteiger partial charge in [0.2, 0.25) is 0 Å². The molecule has 1 heterocycles. The van der Waals surface area contributed by atoms with Crippen LogP contribution in [0.2, 0.25) is 0 Å². The minimum Gasteiger partial charge on any atom is -0.496 e. The highest BCUT2D eigenvalue weighted by molar-refractivity contribution is 7.18. The first-order valence-electron chi connectivity index (χ1n) is 9.30.